The van der Waals surface area contributed by atoms with Gasteiger partial charge in [0, 0.05) is 11.4 Å². The molecular weight excluding hydrogens is 241 g/mol. The van der Waals surface area contributed by atoms with Crippen molar-refractivity contribution in [3.63, 3.8) is 0 Å². The summed E-state index contributed by atoms with van der Waals surface area (Å²) < 4.78 is 13.4. The predicted octanol–water partition coefficient (Wildman–Crippen LogP) is 4.00. The molecule has 1 fully saturated rings. The van der Waals surface area contributed by atoms with Crippen LogP contribution in [0.25, 0.3) is 0 Å². The highest BCUT2D eigenvalue weighted by atomic mass is 35.5. The molecule has 2 nitrogen and oxygen atoms in total. The zero-order valence-electron chi connectivity index (χ0n) is 9.51. The van der Waals surface area contributed by atoms with E-state index in [1.54, 1.807) is 0 Å². The lowest BCUT2D eigenvalue weighted by Gasteiger charge is -2.10. The lowest BCUT2D eigenvalue weighted by atomic mass is 10.0. The van der Waals surface area contributed by atoms with Crippen LogP contribution in [0.15, 0.2) is 18.2 Å². The lowest BCUT2D eigenvalue weighted by molar-refractivity contribution is -0.117. The van der Waals surface area contributed by atoms with E-state index in [9.17, 15) is 9.18 Å². The second-order valence-electron chi connectivity index (χ2n) is 4.53. The van der Waals surface area contributed by atoms with Crippen molar-refractivity contribution >= 4 is 23.2 Å². The minimum atomic E-state index is -0.450. The first-order chi connectivity index (χ1) is 8.15. The number of anilines is 1. The number of nitrogens with one attached hydrogen (secondary N) is 1. The van der Waals surface area contributed by atoms with Crippen LogP contribution >= 0.6 is 11.6 Å². The van der Waals surface area contributed by atoms with Gasteiger partial charge in [-0.25, -0.2) is 4.39 Å². The fraction of sp³-hybridized carbons (Fsp3) is 0.462. The van der Waals surface area contributed by atoms with E-state index in [2.05, 4.69) is 5.32 Å². The van der Waals surface area contributed by atoms with Gasteiger partial charge in [-0.15, -0.1) is 0 Å². The largest absolute Gasteiger partial charge is 0.324 e. The highest BCUT2D eigenvalue weighted by Crippen LogP contribution is 2.28. The molecule has 1 aliphatic rings. The van der Waals surface area contributed by atoms with E-state index < -0.39 is 5.82 Å². The standard InChI is InChI=1S/C13H15ClFNO/c14-10-5-6-11(15)12(8-10)16-13(17)7-9-3-1-2-4-9/h5-6,8-9H,1-4,7H2,(H,16,17). The Labute approximate surface area is 105 Å². The molecular formula is C13H15ClFNO. The van der Waals surface area contributed by atoms with Crippen LogP contribution in [0.2, 0.25) is 5.02 Å². The fourth-order valence-corrected chi connectivity index (χ4v) is 2.44. The Morgan fingerprint density at radius 3 is 2.82 bits per heavy atom. The molecule has 1 N–H and O–H groups in total. The maximum Gasteiger partial charge on any atom is 0.224 e. The number of halogens is 2. The van der Waals surface area contributed by atoms with Crippen molar-refractivity contribution < 1.29 is 9.18 Å². The van der Waals surface area contributed by atoms with Crippen molar-refractivity contribution in [2.45, 2.75) is 32.1 Å². The van der Waals surface area contributed by atoms with Crippen LogP contribution in [0.1, 0.15) is 32.1 Å². The van der Waals surface area contributed by atoms with Crippen LogP contribution < -0.4 is 5.32 Å². The molecule has 4 heteroatoms. The second kappa shape index (κ2) is 5.50. The second-order valence-corrected chi connectivity index (χ2v) is 4.96. The molecule has 0 unspecified atom stereocenters. The molecule has 92 valence electrons. The number of hydrogen-bond acceptors (Lipinski definition) is 1. The molecule has 1 aromatic rings. The topological polar surface area (TPSA) is 29.1 Å². The monoisotopic (exact) mass is 255 g/mol. The van der Waals surface area contributed by atoms with E-state index in [0.717, 1.165) is 12.8 Å². The first-order valence-corrected chi connectivity index (χ1v) is 6.28. The van der Waals surface area contributed by atoms with E-state index in [-0.39, 0.29) is 11.6 Å². The molecule has 0 heterocycles. The minimum Gasteiger partial charge on any atom is -0.324 e. The number of hydrogen-bond donors (Lipinski definition) is 1. The van der Waals surface area contributed by atoms with Crippen molar-refractivity contribution in [3.8, 4) is 0 Å². The van der Waals surface area contributed by atoms with Gasteiger partial charge in [0.1, 0.15) is 5.82 Å². The van der Waals surface area contributed by atoms with Crippen molar-refractivity contribution in [1.82, 2.24) is 0 Å². The average Bonchev–Trinajstić information content (AvgIpc) is 2.76. The molecule has 1 saturated carbocycles. The van der Waals surface area contributed by atoms with Crippen molar-refractivity contribution in [2.24, 2.45) is 5.92 Å². The van der Waals surface area contributed by atoms with Crippen molar-refractivity contribution in [1.29, 1.82) is 0 Å². The normalized spacial score (nSPS) is 16.1. The third kappa shape index (κ3) is 3.43. The van der Waals surface area contributed by atoms with Crippen LogP contribution in [0.5, 0.6) is 0 Å². The van der Waals surface area contributed by atoms with Gasteiger partial charge in [-0.05, 0) is 37.0 Å². The Morgan fingerprint density at radius 1 is 1.41 bits per heavy atom. The highest BCUT2D eigenvalue weighted by molar-refractivity contribution is 6.30. The third-order valence-corrected chi connectivity index (χ3v) is 3.39. The summed E-state index contributed by atoms with van der Waals surface area (Å²) >= 11 is 5.75. The first kappa shape index (κ1) is 12.4. The number of carbonyl (C=O) groups is 1. The van der Waals surface area contributed by atoms with Crippen LogP contribution in [0, 0.1) is 11.7 Å². The Kier molecular flexibility index (Phi) is 4.00. The number of amides is 1. The summed E-state index contributed by atoms with van der Waals surface area (Å²) in [7, 11) is 0. The van der Waals surface area contributed by atoms with Gasteiger partial charge in [-0.3, -0.25) is 4.79 Å². The molecule has 0 atom stereocenters. The molecule has 2 rings (SSSR count). The average molecular weight is 256 g/mol. The summed E-state index contributed by atoms with van der Waals surface area (Å²) in [6.07, 6.45) is 5.08. The quantitative estimate of drug-likeness (QED) is 0.869. The molecule has 0 radical (unpaired) electrons. The van der Waals surface area contributed by atoms with Crippen LogP contribution in [0.3, 0.4) is 0 Å². The maximum absolute atomic E-state index is 13.4. The lowest BCUT2D eigenvalue weighted by Crippen LogP contribution is -2.15. The van der Waals surface area contributed by atoms with Gasteiger partial charge in [0.25, 0.3) is 0 Å². The maximum atomic E-state index is 13.4. The van der Waals surface area contributed by atoms with Gasteiger partial charge in [0.2, 0.25) is 5.91 Å². The van der Waals surface area contributed by atoms with Crippen LogP contribution in [-0.2, 0) is 4.79 Å². The molecule has 17 heavy (non-hydrogen) atoms. The number of benzene rings is 1. The Bertz CT molecular complexity index is 416. The molecule has 1 aliphatic carbocycles. The SMILES string of the molecule is O=C(CC1CCCC1)Nc1cc(Cl)ccc1F. The Balaban J connectivity index is 1.95. The molecule has 0 aromatic heterocycles. The summed E-state index contributed by atoms with van der Waals surface area (Å²) in [5.74, 6) is -0.121. The van der Waals surface area contributed by atoms with E-state index in [4.69, 9.17) is 11.6 Å². The molecule has 0 bridgehead atoms. The summed E-state index contributed by atoms with van der Waals surface area (Å²) in [5.41, 5.74) is 0.167. The molecule has 1 aromatic carbocycles. The van der Waals surface area contributed by atoms with E-state index in [1.165, 1.54) is 31.0 Å². The van der Waals surface area contributed by atoms with Gasteiger partial charge in [-0.1, -0.05) is 24.4 Å². The predicted molar refractivity (Wildman–Crippen MR) is 66.6 cm³/mol. The summed E-state index contributed by atoms with van der Waals surface area (Å²) in [6.45, 7) is 0. The molecule has 0 aliphatic heterocycles. The fourth-order valence-electron chi connectivity index (χ4n) is 2.27. The smallest absolute Gasteiger partial charge is 0.224 e. The third-order valence-electron chi connectivity index (χ3n) is 3.15. The Morgan fingerprint density at radius 2 is 2.12 bits per heavy atom. The van der Waals surface area contributed by atoms with Crippen molar-refractivity contribution in [3.05, 3.63) is 29.0 Å². The van der Waals surface area contributed by atoms with Gasteiger partial charge < -0.3 is 5.32 Å². The summed E-state index contributed by atoms with van der Waals surface area (Å²) in [6, 6.07) is 4.15. The number of carbonyl (C=O) groups excluding carboxylic acids is 1. The first-order valence-electron chi connectivity index (χ1n) is 5.90. The van der Waals surface area contributed by atoms with Crippen molar-refractivity contribution in [2.75, 3.05) is 5.32 Å². The van der Waals surface area contributed by atoms with Gasteiger partial charge in [0.05, 0.1) is 5.69 Å². The minimum absolute atomic E-state index is 0.127. The summed E-state index contributed by atoms with van der Waals surface area (Å²) in [4.78, 5) is 11.7. The van der Waals surface area contributed by atoms with Crippen LogP contribution in [0.4, 0.5) is 10.1 Å². The zero-order chi connectivity index (χ0) is 12.3. The molecule has 0 saturated heterocycles. The van der Waals surface area contributed by atoms with E-state index in [1.807, 2.05) is 0 Å². The van der Waals surface area contributed by atoms with E-state index >= 15 is 0 Å². The summed E-state index contributed by atoms with van der Waals surface area (Å²) in [5, 5.41) is 3.00. The van der Waals surface area contributed by atoms with Gasteiger partial charge in [0.15, 0.2) is 0 Å². The van der Waals surface area contributed by atoms with E-state index in [0.29, 0.717) is 17.4 Å². The molecule has 0 spiro atoms. The van der Waals surface area contributed by atoms with Gasteiger partial charge >= 0.3 is 0 Å². The van der Waals surface area contributed by atoms with Crippen LogP contribution in [-0.4, -0.2) is 5.91 Å². The number of rotatable bonds is 3. The highest BCUT2D eigenvalue weighted by Gasteiger charge is 2.19. The zero-order valence-corrected chi connectivity index (χ0v) is 10.3. The Hall–Kier alpha value is -1.09. The molecule has 1 amide bonds. The van der Waals surface area contributed by atoms with Gasteiger partial charge in [-0.2, -0.15) is 0 Å².